The van der Waals surface area contributed by atoms with Gasteiger partial charge in [-0.2, -0.15) is 0 Å². The number of benzene rings is 1. The lowest BCUT2D eigenvalue weighted by atomic mass is 10.2. The molecule has 0 spiro atoms. The monoisotopic (exact) mass is 496 g/mol. The molecule has 0 radical (unpaired) electrons. The molecule has 1 aliphatic rings. The molecule has 0 unspecified atom stereocenters. The molecule has 0 aliphatic carbocycles. The van der Waals surface area contributed by atoms with Crippen molar-refractivity contribution in [1.29, 1.82) is 0 Å². The van der Waals surface area contributed by atoms with Crippen molar-refractivity contribution in [3.63, 3.8) is 0 Å². The standard InChI is InChI=1S/C23H24N6O3S2/c1-13-6-4-5-7-16(13)29-22(28-8-10-32-11-9-28)26-27-23(29)33-12-17-24-20(31)18-14(2)19(15(3)30)34-21(18)25-17/h4-7H,8-12H2,1-3H3,(H,24,25,31). The number of aromatic nitrogens is 5. The van der Waals surface area contributed by atoms with Crippen LogP contribution in [0.15, 0.2) is 34.2 Å². The molecule has 11 heteroatoms. The fourth-order valence-electron chi connectivity index (χ4n) is 4.07. The lowest BCUT2D eigenvalue weighted by Gasteiger charge is -2.28. The van der Waals surface area contributed by atoms with Crippen molar-refractivity contribution < 1.29 is 9.53 Å². The summed E-state index contributed by atoms with van der Waals surface area (Å²) in [5.41, 5.74) is 2.58. The van der Waals surface area contributed by atoms with E-state index in [-0.39, 0.29) is 11.3 Å². The zero-order valence-corrected chi connectivity index (χ0v) is 20.8. The van der Waals surface area contributed by atoms with Gasteiger partial charge in [0.15, 0.2) is 10.9 Å². The Morgan fingerprint density at radius 1 is 1.21 bits per heavy atom. The lowest BCUT2D eigenvalue weighted by molar-refractivity contribution is 0.102. The second-order valence-corrected chi connectivity index (χ2v) is 10.0. The minimum Gasteiger partial charge on any atom is -0.378 e. The Kier molecular flexibility index (Phi) is 6.24. The van der Waals surface area contributed by atoms with Crippen LogP contribution < -0.4 is 10.5 Å². The van der Waals surface area contributed by atoms with Crippen LogP contribution in [0.3, 0.4) is 0 Å². The number of fused-ring (bicyclic) bond motifs is 1. The fraction of sp³-hybridized carbons (Fsp3) is 0.348. The summed E-state index contributed by atoms with van der Waals surface area (Å²) in [6.45, 7) is 8.15. The highest BCUT2D eigenvalue weighted by Gasteiger charge is 2.23. The van der Waals surface area contributed by atoms with Crippen LogP contribution in [0.1, 0.15) is 33.5 Å². The number of Topliss-reactive ketones (excluding diaryl/α,β-unsaturated/α-hetero) is 1. The topological polar surface area (TPSA) is 106 Å². The molecule has 1 aliphatic heterocycles. The molecule has 1 N–H and O–H groups in total. The van der Waals surface area contributed by atoms with E-state index >= 15 is 0 Å². The van der Waals surface area contributed by atoms with Gasteiger partial charge in [-0.25, -0.2) is 4.98 Å². The van der Waals surface area contributed by atoms with E-state index in [0.717, 1.165) is 30.3 Å². The Morgan fingerprint density at radius 2 is 1.97 bits per heavy atom. The van der Waals surface area contributed by atoms with Crippen molar-refractivity contribution in [3.8, 4) is 5.69 Å². The van der Waals surface area contributed by atoms with Gasteiger partial charge in [0.1, 0.15) is 10.7 Å². The average Bonchev–Trinajstić information content (AvgIpc) is 3.40. The molecule has 0 amide bonds. The van der Waals surface area contributed by atoms with Crippen molar-refractivity contribution in [2.45, 2.75) is 31.7 Å². The van der Waals surface area contributed by atoms with E-state index in [1.165, 1.54) is 30.0 Å². The summed E-state index contributed by atoms with van der Waals surface area (Å²) in [4.78, 5) is 35.5. The zero-order valence-electron chi connectivity index (χ0n) is 19.1. The first-order valence-electron chi connectivity index (χ1n) is 10.9. The summed E-state index contributed by atoms with van der Waals surface area (Å²) in [5.74, 6) is 1.66. The molecule has 9 nitrogen and oxygen atoms in total. The van der Waals surface area contributed by atoms with Crippen LogP contribution in [-0.2, 0) is 10.5 Å². The Bertz CT molecular complexity index is 1430. The number of ether oxygens (including phenoxy) is 1. The molecular weight excluding hydrogens is 472 g/mol. The van der Waals surface area contributed by atoms with E-state index in [2.05, 4.69) is 48.7 Å². The molecule has 4 heterocycles. The normalized spacial score (nSPS) is 14.1. The Labute approximate surface area is 204 Å². The highest BCUT2D eigenvalue weighted by atomic mass is 32.2. The smallest absolute Gasteiger partial charge is 0.259 e. The van der Waals surface area contributed by atoms with Crippen LogP contribution in [0.2, 0.25) is 0 Å². The molecule has 1 saturated heterocycles. The van der Waals surface area contributed by atoms with Gasteiger partial charge < -0.3 is 14.6 Å². The number of nitrogens with one attached hydrogen (secondary N) is 1. The number of hydrogen-bond donors (Lipinski definition) is 1. The number of aromatic amines is 1. The van der Waals surface area contributed by atoms with E-state index in [0.29, 0.717) is 50.6 Å². The van der Waals surface area contributed by atoms with Crippen LogP contribution in [0, 0.1) is 13.8 Å². The van der Waals surface area contributed by atoms with Crippen molar-refractivity contribution in [2.75, 3.05) is 31.2 Å². The molecule has 34 heavy (non-hydrogen) atoms. The van der Waals surface area contributed by atoms with E-state index in [4.69, 9.17) is 4.74 Å². The molecule has 0 atom stereocenters. The van der Waals surface area contributed by atoms with Crippen molar-refractivity contribution in [1.82, 2.24) is 24.7 Å². The van der Waals surface area contributed by atoms with Gasteiger partial charge in [-0.1, -0.05) is 30.0 Å². The molecule has 0 saturated carbocycles. The molecule has 3 aromatic heterocycles. The van der Waals surface area contributed by atoms with E-state index in [9.17, 15) is 9.59 Å². The number of anilines is 1. The van der Waals surface area contributed by atoms with Crippen LogP contribution >= 0.6 is 23.1 Å². The van der Waals surface area contributed by atoms with Gasteiger partial charge in [0.25, 0.3) is 5.56 Å². The van der Waals surface area contributed by atoms with Crippen LogP contribution in [-0.4, -0.2) is 56.8 Å². The Hall–Kier alpha value is -3.02. The maximum atomic E-state index is 12.8. The van der Waals surface area contributed by atoms with Crippen LogP contribution in [0.5, 0.6) is 0 Å². The van der Waals surface area contributed by atoms with Gasteiger partial charge in [0.2, 0.25) is 5.95 Å². The Balaban J connectivity index is 1.50. The molecule has 1 aromatic carbocycles. The summed E-state index contributed by atoms with van der Waals surface area (Å²) >= 11 is 2.72. The second-order valence-electron chi connectivity index (χ2n) is 8.10. The van der Waals surface area contributed by atoms with Gasteiger partial charge in [0, 0.05) is 13.1 Å². The van der Waals surface area contributed by atoms with E-state index in [1.807, 2.05) is 12.1 Å². The van der Waals surface area contributed by atoms with Gasteiger partial charge in [-0.15, -0.1) is 21.5 Å². The third-order valence-electron chi connectivity index (χ3n) is 5.77. The number of para-hydroxylation sites is 1. The first-order chi connectivity index (χ1) is 16.4. The van der Waals surface area contributed by atoms with Crippen LogP contribution in [0.4, 0.5) is 5.95 Å². The third kappa shape index (κ3) is 4.15. The van der Waals surface area contributed by atoms with Gasteiger partial charge in [-0.3, -0.25) is 14.2 Å². The number of H-pyrrole nitrogens is 1. The maximum Gasteiger partial charge on any atom is 0.259 e. The van der Waals surface area contributed by atoms with Gasteiger partial charge in [0.05, 0.1) is 34.9 Å². The number of carbonyl (C=O) groups excluding carboxylic acids is 1. The molecule has 4 aromatic rings. The number of ketones is 1. The van der Waals surface area contributed by atoms with Gasteiger partial charge >= 0.3 is 0 Å². The van der Waals surface area contributed by atoms with Gasteiger partial charge in [-0.05, 0) is 38.0 Å². The Morgan fingerprint density at radius 3 is 2.71 bits per heavy atom. The number of hydrogen-bond acceptors (Lipinski definition) is 9. The summed E-state index contributed by atoms with van der Waals surface area (Å²) in [5, 5.41) is 10.2. The summed E-state index contributed by atoms with van der Waals surface area (Å²) in [7, 11) is 0. The van der Waals surface area contributed by atoms with Crippen molar-refractivity contribution >= 4 is 45.0 Å². The lowest BCUT2D eigenvalue weighted by Crippen LogP contribution is -2.38. The maximum absolute atomic E-state index is 12.8. The fourth-order valence-corrected chi connectivity index (χ4v) is 5.98. The number of morpholine rings is 1. The first kappa shape index (κ1) is 22.8. The summed E-state index contributed by atoms with van der Waals surface area (Å²) in [6, 6.07) is 8.12. The average molecular weight is 497 g/mol. The number of carbonyl (C=O) groups is 1. The first-order valence-corrected chi connectivity index (χ1v) is 12.7. The predicted molar refractivity (Wildman–Crippen MR) is 134 cm³/mol. The minimum atomic E-state index is -0.226. The summed E-state index contributed by atoms with van der Waals surface area (Å²) in [6.07, 6.45) is 0. The molecule has 5 rings (SSSR count). The number of aryl methyl sites for hydroxylation is 2. The molecule has 176 valence electrons. The minimum absolute atomic E-state index is 0.0576. The number of thioether (sulfide) groups is 1. The third-order valence-corrected chi connectivity index (χ3v) is 8.00. The van der Waals surface area contributed by atoms with E-state index in [1.54, 1.807) is 6.92 Å². The number of rotatable bonds is 6. The zero-order chi connectivity index (χ0) is 23.8. The SMILES string of the molecule is CC(=O)c1sc2nc(CSc3nnc(N4CCOCC4)n3-c3ccccc3C)[nH]c(=O)c2c1C. The quantitative estimate of drug-likeness (QED) is 0.319. The highest BCUT2D eigenvalue weighted by molar-refractivity contribution is 7.98. The summed E-state index contributed by atoms with van der Waals surface area (Å²) < 4.78 is 7.57. The molecular formula is C23H24N6O3S2. The molecule has 0 bridgehead atoms. The van der Waals surface area contributed by atoms with E-state index < -0.39 is 0 Å². The van der Waals surface area contributed by atoms with Crippen LogP contribution in [0.25, 0.3) is 15.9 Å². The number of nitrogens with zero attached hydrogens (tertiary/aromatic N) is 5. The van der Waals surface area contributed by atoms with Crippen molar-refractivity contribution in [2.24, 2.45) is 0 Å². The highest BCUT2D eigenvalue weighted by Crippen LogP contribution is 2.31. The number of thiophene rings is 1. The predicted octanol–water partition coefficient (Wildman–Crippen LogP) is 3.51. The second kappa shape index (κ2) is 9.32. The molecule has 1 fully saturated rings. The largest absolute Gasteiger partial charge is 0.378 e. The van der Waals surface area contributed by atoms with Crippen molar-refractivity contribution in [3.05, 3.63) is 56.4 Å².